The van der Waals surface area contributed by atoms with Gasteiger partial charge in [0.25, 0.3) is 11.6 Å². The van der Waals surface area contributed by atoms with Crippen molar-refractivity contribution in [3.63, 3.8) is 0 Å². The first-order valence-corrected chi connectivity index (χ1v) is 10.8. The average molecular weight is 494 g/mol. The van der Waals surface area contributed by atoms with E-state index in [1.165, 1.54) is 11.0 Å². The number of nitrogens with zero attached hydrogens (tertiary/aromatic N) is 3. The second kappa shape index (κ2) is 8.92. The molecule has 0 saturated carbocycles. The van der Waals surface area contributed by atoms with Crippen molar-refractivity contribution >= 4 is 33.2 Å². The number of carbonyl (C=O) groups is 1. The van der Waals surface area contributed by atoms with E-state index >= 15 is 0 Å². The number of ether oxygens (including phenoxy) is 1. The van der Waals surface area contributed by atoms with E-state index in [9.17, 15) is 36.5 Å². The summed E-state index contributed by atoms with van der Waals surface area (Å²) in [7, 11) is -4.00. The molecule has 1 amide bonds. The normalized spacial score (nSPS) is 15.4. The summed E-state index contributed by atoms with van der Waals surface area (Å²) in [6.07, 6.45) is -4.89. The summed E-state index contributed by atoms with van der Waals surface area (Å²) in [6, 6.07) is 7.24. The molecule has 2 aromatic rings. The number of halogens is 4. The molecular weight excluding hydrogens is 479 g/mol. The molecule has 0 N–H and O–H groups in total. The van der Waals surface area contributed by atoms with Crippen molar-refractivity contribution in [2.24, 2.45) is 0 Å². The molecule has 14 heteroatoms. The van der Waals surface area contributed by atoms with Crippen LogP contribution in [0.1, 0.15) is 10.4 Å². The fraction of sp³-hybridized carbons (Fsp3) is 0.278. The Hall–Kier alpha value is -2.90. The van der Waals surface area contributed by atoms with Crippen LogP contribution in [0.2, 0.25) is 5.02 Å². The monoisotopic (exact) mass is 493 g/mol. The maximum absolute atomic E-state index is 12.8. The quantitative estimate of drug-likeness (QED) is 0.467. The molecule has 2 aromatic carbocycles. The van der Waals surface area contributed by atoms with Gasteiger partial charge in [-0.1, -0.05) is 11.6 Å². The van der Waals surface area contributed by atoms with Crippen molar-refractivity contribution in [3.05, 3.63) is 63.2 Å². The number of benzene rings is 2. The standard InChI is InChI=1S/C18H15ClF3N3O6S/c19-16-11-12(25(27)28)1-6-15(16)17(26)23-7-9-24(10-8-23)32(29,30)14-4-2-13(3-5-14)31-18(20,21)22/h1-6,11H,7-10H2. The van der Waals surface area contributed by atoms with Crippen LogP contribution in [-0.2, 0) is 10.0 Å². The summed E-state index contributed by atoms with van der Waals surface area (Å²) < 4.78 is 67.1. The van der Waals surface area contributed by atoms with Gasteiger partial charge in [-0.05, 0) is 30.3 Å². The van der Waals surface area contributed by atoms with E-state index in [2.05, 4.69) is 4.74 Å². The summed E-state index contributed by atoms with van der Waals surface area (Å²) in [5.74, 6) is -1.05. The number of sulfonamides is 1. The van der Waals surface area contributed by atoms with Crippen LogP contribution in [0, 0.1) is 10.1 Å². The Bertz CT molecular complexity index is 1130. The van der Waals surface area contributed by atoms with Crippen molar-refractivity contribution < 1.29 is 36.0 Å². The minimum Gasteiger partial charge on any atom is -0.406 e. The molecular formula is C18H15ClF3N3O6S. The number of hydrogen-bond donors (Lipinski definition) is 0. The zero-order chi connectivity index (χ0) is 23.7. The van der Waals surface area contributed by atoms with Gasteiger partial charge in [-0.15, -0.1) is 13.2 Å². The molecule has 0 aromatic heterocycles. The maximum atomic E-state index is 12.8. The molecule has 0 bridgehead atoms. The lowest BCUT2D eigenvalue weighted by molar-refractivity contribution is -0.384. The molecule has 0 unspecified atom stereocenters. The Labute approximate surface area is 185 Å². The number of nitro groups is 1. The van der Waals surface area contributed by atoms with Crippen molar-refractivity contribution in [3.8, 4) is 5.75 Å². The van der Waals surface area contributed by atoms with E-state index < -0.39 is 33.0 Å². The predicted octanol–water partition coefficient (Wildman–Crippen LogP) is 3.29. The van der Waals surface area contributed by atoms with Crippen LogP contribution in [0.3, 0.4) is 0 Å². The number of amides is 1. The van der Waals surface area contributed by atoms with E-state index in [1.807, 2.05) is 0 Å². The lowest BCUT2D eigenvalue weighted by Gasteiger charge is -2.34. The van der Waals surface area contributed by atoms with Gasteiger partial charge in [0.2, 0.25) is 10.0 Å². The zero-order valence-corrected chi connectivity index (χ0v) is 17.7. The minimum atomic E-state index is -4.89. The predicted molar refractivity (Wildman–Crippen MR) is 106 cm³/mol. The van der Waals surface area contributed by atoms with E-state index in [-0.39, 0.29) is 47.3 Å². The first kappa shape index (κ1) is 23.8. The molecule has 0 radical (unpaired) electrons. The zero-order valence-electron chi connectivity index (χ0n) is 16.1. The Morgan fingerprint density at radius 2 is 1.66 bits per heavy atom. The van der Waals surface area contributed by atoms with Crippen LogP contribution in [0.5, 0.6) is 5.75 Å². The lowest BCUT2D eigenvalue weighted by Crippen LogP contribution is -2.50. The summed E-state index contributed by atoms with van der Waals surface area (Å²) in [5.41, 5.74) is -0.219. The lowest BCUT2D eigenvalue weighted by atomic mass is 10.1. The van der Waals surface area contributed by atoms with E-state index in [0.717, 1.165) is 40.7 Å². The molecule has 172 valence electrons. The SMILES string of the molecule is O=C(c1ccc([N+](=O)[O-])cc1Cl)N1CCN(S(=O)(=O)c2ccc(OC(F)(F)F)cc2)CC1. The molecule has 0 spiro atoms. The highest BCUT2D eigenvalue weighted by atomic mass is 35.5. The number of alkyl halides is 3. The summed E-state index contributed by atoms with van der Waals surface area (Å²) in [4.78, 5) is 24.0. The number of rotatable bonds is 5. The van der Waals surface area contributed by atoms with Gasteiger partial charge in [0, 0.05) is 38.3 Å². The van der Waals surface area contributed by atoms with E-state index in [1.54, 1.807) is 0 Å². The van der Waals surface area contributed by atoms with Crippen molar-refractivity contribution in [2.45, 2.75) is 11.3 Å². The van der Waals surface area contributed by atoms with Gasteiger partial charge < -0.3 is 9.64 Å². The molecule has 1 fully saturated rings. The van der Waals surface area contributed by atoms with Gasteiger partial charge in [-0.3, -0.25) is 14.9 Å². The third-order valence-electron chi connectivity index (χ3n) is 4.61. The molecule has 32 heavy (non-hydrogen) atoms. The van der Waals surface area contributed by atoms with Gasteiger partial charge in [0.05, 0.1) is 20.4 Å². The third-order valence-corrected chi connectivity index (χ3v) is 6.84. The minimum absolute atomic E-state index is 0.0284. The second-order valence-electron chi connectivity index (χ2n) is 6.64. The maximum Gasteiger partial charge on any atom is 0.573 e. The number of non-ortho nitro benzene ring substituents is 1. The average Bonchev–Trinajstić information content (AvgIpc) is 2.72. The highest BCUT2D eigenvalue weighted by molar-refractivity contribution is 7.89. The number of hydrogen-bond acceptors (Lipinski definition) is 6. The third kappa shape index (κ3) is 5.29. The second-order valence-corrected chi connectivity index (χ2v) is 8.98. The van der Waals surface area contributed by atoms with Crippen LogP contribution < -0.4 is 4.74 Å². The molecule has 0 atom stereocenters. The van der Waals surface area contributed by atoms with Gasteiger partial charge in [-0.25, -0.2) is 8.42 Å². The molecule has 1 aliphatic rings. The van der Waals surface area contributed by atoms with Crippen LogP contribution in [0.15, 0.2) is 47.4 Å². The van der Waals surface area contributed by atoms with E-state index in [0.29, 0.717) is 0 Å². The number of nitro benzene ring substituents is 1. The largest absolute Gasteiger partial charge is 0.573 e. The molecule has 1 aliphatic heterocycles. The number of carbonyl (C=O) groups excluding carboxylic acids is 1. The first-order chi connectivity index (χ1) is 14.9. The Balaban J connectivity index is 1.67. The Morgan fingerprint density at radius 1 is 1.06 bits per heavy atom. The summed E-state index contributed by atoms with van der Waals surface area (Å²) in [5, 5.41) is 10.7. The van der Waals surface area contributed by atoms with Crippen molar-refractivity contribution in [1.82, 2.24) is 9.21 Å². The highest BCUT2D eigenvalue weighted by Gasteiger charge is 2.33. The fourth-order valence-corrected chi connectivity index (χ4v) is 4.73. The molecule has 0 aliphatic carbocycles. The Kier molecular flexibility index (Phi) is 6.62. The molecule has 3 rings (SSSR count). The molecule has 1 heterocycles. The number of piperazine rings is 1. The van der Waals surface area contributed by atoms with Crippen LogP contribution in [0.4, 0.5) is 18.9 Å². The first-order valence-electron chi connectivity index (χ1n) is 8.98. The van der Waals surface area contributed by atoms with Crippen LogP contribution >= 0.6 is 11.6 Å². The highest BCUT2D eigenvalue weighted by Crippen LogP contribution is 2.27. The summed E-state index contributed by atoms with van der Waals surface area (Å²) in [6.45, 7) is -0.0553. The van der Waals surface area contributed by atoms with Gasteiger partial charge in [-0.2, -0.15) is 4.31 Å². The molecule has 9 nitrogen and oxygen atoms in total. The topological polar surface area (TPSA) is 110 Å². The van der Waals surface area contributed by atoms with Gasteiger partial charge in [0.1, 0.15) is 5.75 Å². The van der Waals surface area contributed by atoms with Crippen molar-refractivity contribution in [2.75, 3.05) is 26.2 Å². The van der Waals surface area contributed by atoms with Gasteiger partial charge >= 0.3 is 6.36 Å². The molecule has 1 saturated heterocycles. The van der Waals surface area contributed by atoms with E-state index in [4.69, 9.17) is 11.6 Å². The fourth-order valence-electron chi connectivity index (χ4n) is 3.06. The van der Waals surface area contributed by atoms with Crippen LogP contribution in [-0.4, -0.2) is 61.0 Å². The van der Waals surface area contributed by atoms with Gasteiger partial charge in [0.15, 0.2) is 0 Å². The summed E-state index contributed by atoms with van der Waals surface area (Å²) >= 11 is 5.98. The Morgan fingerprint density at radius 3 is 2.16 bits per heavy atom. The van der Waals surface area contributed by atoms with Crippen molar-refractivity contribution in [1.29, 1.82) is 0 Å². The smallest absolute Gasteiger partial charge is 0.406 e. The van der Waals surface area contributed by atoms with Crippen LogP contribution in [0.25, 0.3) is 0 Å².